The van der Waals surface area contributed by atoms with Crippen molar-refractivity contribution in [3.05, 3.63) is 65.5 Å². The van der Waals surface area contributed by atoms with E-state index in [9.17, 15) is 14.0 Å². The van der Waals surface area contributed by atoms with Crippen LogP contribution in [0, 0.1) is 5.82 Å². The topological polar surface area (TPSA) is 40.6 Å². The van der Waals surface area contributed by atoms with Gasteiger partial charge in [-0.2, -0.15) is 0 Å². The first-order chi connectivity index (χ1) is 12.0. The highest BCUT2D eigenvalue weighted by atomic mass is 19.1. The molecule has 1 aliphatic heterocycles. The lowest BCUT2D eigenvalue weighted by Crippen LogP contribution is -2.35. The van der Waals surface area contributed by atoms with Gasteiger partial charge in [-0.1, -0.05) is 30.3 Å². The van der Waals surface area contributed by atoms with Crippen molar-refractivity contribution in [2.45, 2.75) is 26.3 Å². The molecule has 0 spiro atoms. The number of carbonyl (C=O) groups excluding carboxylic acids is 2. The molecule has 2 aromatic carbocycles. The van der Waals surface area contributed by atoms with Crippen LogP contribution in [0.2, 0.25) is 0 Å². The van der Waals surface area contributed by atoms with Gasteiger partial charge in [0, 0.05) is 38.7 Å². The Balaban J connectivity index is 1.61. The van der Waals surface area contributed by atoms with Crippen LogP contribution in [0.5, 0.6) is 0 Å². The van der Waals surface area contributed by atoms with Gasteiger partial charge >= 0.3 is 0 Å². The lowest BCUT2D eigenvalue weighted by Gasteiger charge is -2.23. The summed E-state index contributed by atoms with van der Waals surface area (Å²) in [4.78, 5) is 27.9. The molecule has 0 fully saturated rings. The second-order valence-electron chi connectivity index (χ2n) is 6.24. The molecular weight excluding hydrogens is 319 g/mol. The molecule has 0 N–H and O–H groups in total. The van der Waals surface area contributed by atoms with Gasteiger partial charge in [0.25, 0.3) is 0 Å². The van der Waals surface area contributed by atoms with E-state index < -0.39 is 0 Å². The van der Waals surface area contributed by atoms with Gasteiger partial charge in [-0.25, -0.2) is 4.39 Å². The number of amides is 2. The zero-order valence-corrected chi connectivity index (χ0v) is 14.2. The summed E-state index contributed by atoms with van der Waals surface area (Å²) in [6.07, 6.45) is 1.14. The lowest BCUT2D eigenvalue weighted by atomic mass is 10.2. The van der Waals surface area contributed by atoms with E-state index in [1.807, 2.05) is 24.3 Å². The number of hydrogen-bond acceptors (Lipinski definition) is 2. The second-order valence-corrected chi connectivity index (χ2v) is 6.24. The highest BCUT2D eigenvalue weighted by molar-refractivity contribution is 5.95. The van der Waals surface area contributed by atoms with E-state index in [0.717, 1.165) is 17.7 Å². The van der Waals surface area contributed by atoms with Crippen LogP contribution in [0.15, 0.2) is 48.5 Å². The molecule has 0 aromatic heterocycles. The Kier molecular flexibility index (Phi) is 5.12. The molecule has 0 atom stereocenters. The number of benzene rings is 2. The van der Waals surface area contributed by atoms with Crippen molar-refractivity contribution in [3.63, 3.8) is 0 Å². The summed E-state index contributed by atoms with van der Waals surface area (Å²) in [6.45, 7) is 2.90. The fraction of sp³-hybridized carbons (Fsp3) is 0.300. The molecular formula is C20H21FN2O2. The molecule has 0 radical (unpaired) electrons. The smallest absolute Gasteiger partial charge is 0.228 e. The predicted molar refractivity (Wildman–Crippen MR) is 94.6 cm³/mol. The number of fused-ring (bicyclic) bond motifs is 1. The van der Waals surface area contributed by atoms with Crippen LogP contribution in [0.1, 0.15) is 24.5 Å². The third kappa shape index (κ3) is 4.05. The van der Waals surface area contributed by atoms with E-state index in [-0.39, 0.29) is 24.1 Å². The van der Waals surface area contributed by atoms with Crippen molar-refractivity contribution < 1.29 is 14.0 Å². The summed E-state index contributed by atoms with van der Waals surface area (Å²) in [5, 5.41) is 0. The van der Waals surface area contributed by atoms with E-state index in [1.54, 1.807) is 21.9 Å². The maximum Gasteiger partial charge on any atom is 0.228 e. The third-order valence-electron chi connectivity index (χ3n) is 4.52. The van der Waals surface area contributed by atoms with Gasteiger partial charge in [0.2, 0.25) is 11.8 Å². The normalized spacial score (nSPS) is 12.8. The quantitative estimate of drug-likeness (QED) is 0.839. The molecule has 0 unspecified atom stereocenters. The summed E-state index contributed by atoms with van der Waals surface area (Å²) < 4.78 is 13.0. The predicted octanol–water partition coefficient (Wildman–Crippen LogP) is 3.15. The first kappa shape index (κ1) is 17.1. The van der Waals surface area contributed by atoms with Crippen LogP contribution in [0.25, 0.3) is 0 Å². The minimum Gasteiger partial charge on any atom is -0.338 e. The van der Waals surface area contributed by atoms with Gasteiger partial charge < -0.3 is 9.80 Å². The van der Waals surface area contributed by atoms with Crippen molar-refractivity contribution >= 4 is 17.5 Å². The van der Waals surface area contributed by atoms with Crippen LogP contribution in [0.3, 0.4) is 0 Å². The molecule has 2 aromatic rings. The van der Waals surface area contributed by atoms with Crippen LogP contribution in [0.4, 0.5) is 10.1 Å². The Morgan fingerprint density at radius 1 is 1.12 bits per heavy atom. The average molecular weight is 340 g/mol. The van der Waals surface area contributed by atoms with E-state index in [4.69, 9.17) is 0 Å². The third-order valence-corrected chi connectivity index (χ3v) is 4.52. The number of anilines is 1. The highest BCUT2D eigenvalue weighted by Gasteiger charge is 2.24. The van der Waals surface area contributed by atoms with Crippen molar-refractivity contribution in [3.8, 4) is 0 Å². The first-order valence-corrected chi connectivity index (χ1v) is 8.43. The van der Waals surface area contributed by atoms with Gasteiger partial charge in [0.1, 0.15) is 5.82 Å². The summed E-state index contributed by atoms with van der Waals surface area (Å²) in [5.74, 6) is -0.379. The summed E-state index contributed by atoms with van der Waals surface area (Å²) in [6, 6.07) is 14.0. The average Bonchev–Trinajstić information content (AvgIpc) is 3.04. The number of hydrogen-bond donors (Lipinski definition) is 0. The molecule has 1 heterocycles. The number of halogens is 1. The maximum absolute atomic E-state index is 13.0. The number of rotatable bonds is 5. The monoisotopic (exact) mass is 340 g/mol. The van der Waals surface area contributed by atoms with Crippen molar-refractivity contribution in [2.75, 3.05) is 18.0 Å². The summed E-state index contributed by atoms with van der Waals surface area (Å²) in [5.41, 5.74) is 3.00. The summed E-state index contributed by atoms with van der Waals surface area (Å²) >= 11 is 0. The van der Waals surface area contributed by atoms with Gasteiger partial charge in [-0.05, 0) is 35.7 Å². The fourth-order valence-electron chi connectivity index (χ4n) is 3.12. The minimum absolute atomic E-state index is 0.0234. The van der Waals surface area contributed by atoms with Crippen LogP contribution < -0.4 is 4.90 Å². The van der Waals surface area contributed by atoms with Crippen molar-refractivity contribution in [1.29, 1.82) is 0 Å². The highest BCUT2D eigenvalue weighted by Crippen LogP contribution is 2.27. The van der Waals surface area contributed by atoms with Gasteiger partial charge in [-0.15, -0.1) is 0 Å². The van der Waals surface area contributed by atoms with Gasteiger partial charge in [0.05, 0.1) is 0 Å². The van der Waals surface area contributed by atoms with Crippen molar-refractivity contribution in [1.82, 2.24) is 4.90 Å². The molecule has 5 heteroatoms. The summed E-state index contributed by atoms with van der Waals surface area (Å²) in [7, 11) is 0. The number of nitrogens with zero attached hydrogens (tertiary/aromatic N) is 2. The Hall–Kier alpha value is -2.69. The Morgan fingerprint density at radius 3 is 2.56 bits per heavy atom. The fourth-order valence-corrected chi connectivity index (χ4v) is 3.12. The van der Waals surface area contributed by atoms with E-state index in [0.29, 0.717) is 19.6 Å². The number of para-hydroxylation sites is 1. The Labute approximate surface area is 146 Å². The van der Waals surface area contributed by atoms with Gasteiger partial charge in [-0.3, -0.25) is 9.59 Å². The zero-order valence-electron chi connectivity index (χ0n) is 14.2. The Bertz CT molecular complexity index is 774. The minimum atomic E-state index is -0.305. The molecule has 3 rings (SSSR count). The lowest BCUT2D eigenvalue weighted by molar-refractivity contribution is -0.130. The first-order valence-electron chi connectivity index (χ1n) is 8.43. The molecule has 4 nitrogen and oxygen atoms in total. The van der Waals surface area contributed by atoms with E-state index in [2.05, 4.69) is 0 Å². The SMILES string of the molecule is CC(=O)N(CCC(=O)N1CCc2ccccc21)Cc1ccc(F)cc1. The molecule has 0 saturated carbocycles. The molecule has 0 bridgehead atoms. The van der Waals surface area contributed by atoms with Crippen LogP contribution in [-0.4, -0.2) is 29.8 Å². The second kappa shape index (κ2) is 7.47. The van der Waals surface area contributed by atoms with Gasteiger partial charge in [0.15, 0.2) is 0 Å². The maximum atomic E-state index is 13.0. The standard InChI is InChI=1S/C20H21FN2O2/c1-15(24)22(14-16-6-8-18(21)9-7-16)12-11-20(25)23-13-10-17-4-2-3-5-19(17)23/h2-9H,10-14H2,1H3. The number of carbonyl (C=O) groups is 2. The largest absolute Gasteiger partial charge is 0.338 e. The molecule has 0 saturated heterocycles. The molecule has 2 amide bonds. The zero-order chi connectivity index (χ0) is 17.8. The van der Waals surface area contributed by atoms with Crippen LogP contribution in [-0.2, 0) is 22.6 Å². The van der Waals surface area contributed by atoms with Crippen molar-refractivity contribution in [2.24, 2.45) is 0 Å². The Morgan fingerprint density at radius 2 is 1.84 bits per heavy atom. The molecule has 1 aliphatic rings. The molecule has 25 heavy (non-hydrogen) atoms. The molecule has 130 valence electrons. The van der Waals surface area contributed by atoms with E-state index in [1.165, 1.54) is 24.6 Å². The van der Waals surface area contributed by atoms with E-state index >= 15 is 0 Å². The molecule has 0 aliphatic carbocycles. The van der Waals surface area contributed by atoms with Crippen LogP contribution >= 0.6 is 0 Å².